The molecule has 0 atom stereocenters. The van der Waals surface area contributed by atoms with E-state index in [2.05, 4.69) is 4.98 Å². The molecule has 0 spiro atoms. The van der Waals surface area contributed by atoms with Crippen LogP contribution < -0.4 is 4.87 Å². The first-order chi connectivity index (χ1) is 5.79. The normalized spacial score (nSPS) is 10.8. The minimum atomic E-state index is -0.0555. The number of nitrogens with one attached hydrogen (secondary N) is 1. The number of fused-ring (bicyclic) bond motifs is 1. The summed E-state index contributed by atoms with van der Waals surface area (Å²) < 4.78 is 0.895. The highest BCUT2D eigenvalue weighted by Gasteiger charge is 1.98. The summed E-state index contributed by atoms with van der Waals surface area (Å²) in [5, 5.41) is 8.82. The van der Waals surface area contributed by atoms with Crippen LogP contribution in [-0.4, -0.2) is 10.1 Å². The minimum absolute atomic E-state index is 0.0159. The third kappa shape index (κ3) is 1.15. The van der Waals surface area contributed by atoms with Crippen molar-refractivity contribution >= 4 is 21.6 Å². The lowest BCUT2D eigenvalue weighted by atomic mass is 10.2. The average Bonchev–Trinajstić information content (AvgIpc) is 2.43. The molecule has 0 unspecified atom stereocenters. The molecule has 2 N–H and O–H groups in total. The van der Waals surface area contributed by atoms with Crippen molar-refractivity contribution in [3.05, 3.63) is 33.4 Å². The molecule has 0 aliphatic heterocycles. The number of hydrogen-bond acceptors (Lipinski definition) is 3. The van der Waals surface area contributed by atoms with E-state index in [0.29, 0.717) is 0 Å². The van der Waals surface area contributed by atoms with Crippen LogP contribution in [0.5, 0.6) is 0 Å². The molecule has 1 aromatic carbocycles. The fourth-order valence-corrected chi connectivity index (χ4v) is 1.89. The van der Waals surface area contributed by atoms with Gasteiger partial charge in [0.05, 0.1) is 16.8 Å². The van der Waals surface area contributed by atoms with Gasteiger partial charge in [-0.1, -0.05) is 17.4 Å². The second kappa shape index (κ2) is 2.73. The van der Waals surface area contributed by atoms with Gasteiger partial charge in [0, 0.05) is 0 Å². The van der Waals surface area contributed by atoms with Crippen LogP contribution >= 0.6 is 11.3 Å². The average molecular weight is 181 g/mol. The Morgan fingerprint density at radius 2 is 2.33 bits per heavy atom. The Labute approximate surface area is 72.3 Å². The zero-order chi connectivity index (χ0) is 8.55. The lowest BCUT2D eigenvalue weighted by Crippen LogP contribution is -1.89. The maximum atomic E-state index is 10.9. The summed E-state index contributed by atoms with van der Waals surface area (Å²) in [5.74, 6) is 0. The van der Waals surface area contributed by atoms with Gasteiger partial charge in [-0.05, 0) is 17.7 Å². The standard InChI is InChI=1S/C8H7NO2S/c10-4-5-1-2-6-7(3-5)12-8(11)9-6/h1-3,10H,4H2,(H,9,11). The number of aromatic amines is 1. The molecular formula is C8H7NO2S. The third-order valence-electron chi connectivity index (χ3n) is 1.67. The number of aliphatic hydroxyl groups excluding tert-OH is 1. The van der Waals surface area contributed by atoms with Crippen LogP contribution in [0.25, 0.3) is 10.2 Å². The molecule has 0 saturated heterocycles. The van der Waals surface area contributed by atoms with Crippen LogP contribution in [-0.2, 0) is 6.61 Å². The summed E-state index contributed by atoms with van der Waals surface area (Å²) >= 11 is 1.16. The summed E-state index contributed by atoms with van der Waals surface area (Å²) in [7, 11) is 0. The van der Waals surface area contributed by atoms with Gasteiger partial charge >= 0.3 is 4.87 Å². The van der Waals surface area contributed by atoms with Crippen LogP contribution in [0.4, 0.5) is 0 Å². The van der Waals surface area contributed by atoms with Crippen LogP contribution in [0.3, 0.4) is 0 Å². The number of hydrogen-bond donors (Lipinski definition) is 2. The molecule has 62 valence electrons. The van der Waals surface area contributed by atoms with Gasteiger partial charge in [0.25, 0.3) is 0 Å². The van der Waals surface area contributed by atoms with Gasteiger partial charge in [0.1, 0.15) is 0 Å². The van der Waals surface area contributed by atoms with Crippen LogP contribution in [0, 0.1) is 0 Å². The molecule has 0 radical (unpaired) electrons. The summed E-state index contributed by atoms with van der Waals surface area (Å²) in [4.78, 5) is 13.5. The predicted molar refractivity (Wildman–Crippen MR) is 48.4 cm³/mol. The zero-order valence-electron chi connectivity index (χ0n) is 6.20. The highest BCUT2D eigenvalue weighted by Crippen LogP contribution is 2.15. The fourth-order valence-electron chi connectivity index (χ4n) is 1.09. The minimum Gasteiger partial charge on any atom is -0.392 e. The van der Waals surface area contributed by atoms with Crippen molar-refractivity contribution in [2.75, 3.05) is 0 Å². The monoisotopic (exact) mass is 181 g/mol. The number of rotatable bonds is 1. The van der Waals surface area contributed by atoms with E-state index in [1.165, 1.54) is 0 Å². The lowest BCUT2D eigenvalue weighted by Gasteiger charge is -1.93. The van der Waals surface area contributed by atoms with Gasteiger partial charge in [-0.2, -0.15) is 0 Å². The van der Waals surface area contributed by atoms with E-state index in [1.54, 1.807) is 12.1 Å². The second-order valence-electron chi connectivity index (χ2n) is 2.50. The highest BCUT2D eigenvalue weighted by atomic mass is 32.1. The molecular weight excluding hydrogens is 174 g/mol. The fraction of sp³-hybridized carbons (Fsp3) is 0.125. The van der Waals surface area contributed by atoms with E-state index in [0.717, 1.165) is 27.1 Å². The van der Waals surface area contributed by atoms with Crippen LogP contribution in [0.2, 0.25) is 0 Å². The number of thiazole rings is 1. The van der Waals surface area contributed by atoms with Gasteiger partial charge in [-0.3, -0.25) is 4.79 Å². The van der Waals surface area contributed by atoms with Gasteiger partial charge in [0.15, 0.2) is 0 Å². The first kappa shape index (κ1) is 7.52. The van der Waals surface area contributed by atoms with E-state index in [1.807, 2.05) is 6.07 Å². The Morgan fingerprint density at radius 1 is 1.50 bits per heavy atom. The molecule has 0 bridgehead atoms. The van der Waals surface area contributed by atoms with Crippen molar-refractivity contribution in [2.24, 2.45) is 0 Å². The first-order valence-electron chi connectivity index (χ1n) is 3.52. The highest BCUT2D eigenvalue weighted by molar-refractivity contribution is 7.16. The van der Waals surface area contributed by atoms with Crippen molar-refractivity contribution in [3.8, 4) is 0 Å². The summed E-state index contributed by atoms with van der Waals surface area (Å²) in [6, 6.07) is 5.42. The topological polar surface area (TPSA) is 53.1 Å². The maximum Gasteiger partial charge on any atom is 0.305 e. The van der Waals surface area contributed by atoms with Crippen LogP contribution in [0.1, 0.15) is 5.56 Å². The molecule has 0 aliphatic carbocycles. The zero-order valence-corrected chi connectivity index (χ0v) is 7.02. The summed E-state index contributed by atoms with van der Waals surface area (Å²) in [5.41, 5.74) is 1.67. The second-order valence-corrected chi connectivity index (χ2v) is 3.52. The Bertz CT molecular complexity index is 457. The van der Waals surface area contributed by atoms with Crippen molar-refractivity contribution in [1.82, 2.24) is 4.98 Å². The third-order valence-corrected chi connectivity index (χ3v) is 2.51. The lowest BCUT2D eigenvalue weighted by molar-refractivity contribution is 0.282. The van der Waals surface area contributed by atoms with E-state index in [9.17, 15) is 4.79 Å². The van der Waals surface area contributed by atoms with E-state index in [4.69, 9.17) is 5.11 Å². The van der Waals surface area contributed by atoms with Crippen molar-refractivity contribution in [2.45, 2.75) is 6.61 Å². The molecule has 4 heteroatoms. The smallest absolute Gasteiger partial charge is 0.305 e. The summed E-state index contributed by atoms with van der Waals surface area (Å²) in [6.45, 7) is 0.0159. The maximum absolute atomic E-state index is 10.9. The quantitative estimate of drug-likeness (QED) is 0.691. The molecule has 2 aromatic rings. The van der Waals surface area contributed by atoms with Gasteiger partial charge in [-0.15, -0.1) is 0 Å². The number of aliphatic hydroxyl groups is 1. The SMILES string of the molecule is O=c1[nH]c2ccc(CO)cc2s1. The molecule has 1 heterocycles. The van der Waals surface area contributed by atoms with Crippen molar-refractivity contribution in [1.29, 1.82) is 0 Å². The Balaban J connectivity index is 2.74. The van der Waals surface area contributed by atoms with E-state index < -0.39 is 0 Å². The van der Waals surface area contributed by atoms with Gasteiger partial charge < -0.3 is 10.1 Å². The predicted octanol–water partition coefficient (Wildman–Crippen LogP) is 1.08. The number of H-pyrrole nitrogens is 1. The molecule has 2 rings (SSSR count). The molecule has 12 heavy (non-hydrogen) atoms. The molecule has 3 nitrogen and oxygen atoms in total. The molecule has 0 fully saturated rings. The largest absolute Gasteiger partial charge is 0.392 e. The van der Waals surface area contributed by atoms with E-state index in [-0.39, 0.29) is 11.5 Å². The summed E-state index contributed by atoms with van der Waals surface area (Å²) in [6.07, 6.45) is 0. The molecule has 0 saturated carbocycles. The Hall–Kier alpha value is -1.13. The Morgan fingerprint density at radius 3 is 3.08 bits per heavy atom. The first-order valence-corrected chi connectivity index (χ1v) is 4.34. The van der Waals surface area contributed by atoms with Crippen molar-refractivity contribution in [3.63, 3.8) is 0 Å². The van der Waals surface area contributed by atoms with E-state index >= 15 is 0 Å². The number of aromatic nitrogens is 1. The van der Waals surface area contributed by atoms with Crippen molar-refractivity contribution < 1.29 is 5.11 Å². The molecule has 1 aromatic heterocycles. The molecule has 0 aliphatic rings. The number of benzene rings is 1. The van der Waals surface area contributed by atoms with Gasteiger partial charge in [0.2, 0.25) is 0 Å². The Kier molecular flexibility index (Phi) is 1.71. The van der Waals surface area contributed by atoms with Crippen LogP contribution in [0.15, 0.2) is 23.0 Å². The van der Waals surface area contributed by atoms with Gasteiger partial charge in [-0.25, -0.2) is 0 Å². The molecule has 0 amide bonds.